The summed E-state index contributed by atoms with van der Waals surface area (Å²) in [5, 5.41) is 5.83. The molecule has 0 bridgehead atoms. The summed E-state index contributed by atoms with van der Waals surface area (Å²) in [7, 11) is 3.13. The van der Waals surface area contributed by atoms with Gasteiger partial charge in [0.25, 0.3) is 0 Å². The van der Waals surface area contributed by atoms with Crippen LogP contribution in [0.15, 0.2) is 24.3 Å². The summed E-state index contributed by atoms with van der Waals surface area (Å²) in [5.74, 6) is 1.30. The molecule has 0 saturated heterocycles. The first-order valence-electron chi connectivity index (χ1n) is 10.8. The van der Waals surface area contributed by atoms with E-state index in [-0.39, 0.29) is 23.1 Å². The van der Waals surface area contributed by atoms with Crippen LogP contribution < -0.4 is 10.6 Å². The van der Waals surface area contributed by atoms with Crippen molar-refractivity contribution in [2.45, 2.75) is 66.3 Å². The zero-order valence-corrected chi connectivity index (χ0v) is 21.3. The van der Waals surface area contributed by atoms with Gasteiger partial charge < -0.3 is 15.4 Å². The SMILES string of the molecule is Cc1ccc(C(CC(C)C)C(=O)N[C@H](C=O)CSSCCNC(=O)CC(C)(C)C)cc1. The number of aldehydes is 1. The lowest BCUT2D eigenvalue weighted by Crippen LogP contribution is -2.40. The molecule has 1 rings (SSSR count). The topological polar surface area (TPSA) is 75.3 Å². The summed E-state index contributed by atoms with van der Waals surface area (Å²) in [6.45, 7) is 12.9. The van der Waals surface area contributed by atoms with E-state index in [1.807, 2.05) is 52.0 Å². The number of aryl methyl sites for hydroxylation is 1. The summed E-state index contributed by atoms with van der Waals surface area (Å²) in [4.78, 5) is 36.3. The van der Waals surface area contributed by atoms with E-state index in [1.54, 1.807) is 10.8 Å². The van der Waals surface area contributed by atoms with Crippen molar-refractivity contribution >= 4 is 39.7 Å². The van der Waals surface area contributed by atoms with Crippen molar-refractivity contribution in [3.63, 3.8) is 0 Å². The first-order chi connectivity index (χ1) is 14.5. The maximum absolute atomic E-state index is 12.9. The smallest absolute Gasteiger partial charge is 0.228 e. The highest BCUT2D eigenvalue weighted by molar-refractivity contribution is 8.76. The molecule has 5 nitrogen and oxygen atoms in total. The van der Waals surface area contributed by atoms with E-state index in [4.69, 9.17) is 0 Å². The van der Waals surface area contributed by atoms with Gasteiger partial charge in [0.1, 0.15) is 6.29 Å². The molecule has 1 aromatic carbocycles. The molecule has 1 aromatic rings. The van der Waals surface area contributed by atoms with Crippen LogP contribution in [-0.4, -0.2) is 42.2 Å². The van der Waals surface area contributed by atoms with E-state index in [1.165, 1.54) is 10.8 Å². The van der Waals surface area contributed by atoms with E-state index >= 15 is 0 Å². The maximum atomic E-state index is 12.9. The van der Waals surface area contributed by atoms with E-state index in [0.717, 1.165) is 29.6 Å². The molecule has 0 heterocycles. The predicted octanol–water partition coefficient (Wildman–Crippen LogP) is 4.74. The summed E-state index contributed by atoms with van der Waals surface area (Å²) < 4.78 is 0. The largest absolute Gasteiger partial charge is 0.355 e. The second kappa shape index (κ2) is 13.8. The molecule has 0 aliphatic heterocycles. The first kappa shape index (κ1) is 27.6. The lowest BCUT2D eigenvalue weighted by Gasteiger charge is -2.21. The van der Waals surface area contributed by atoms with Gasteiger partial charge in [-0.15, -0.1) is 0 Å². The highest BCUT2D eigenvalue weighted by Crippen LogP contribution is 2.26. The molecule has 0 aliphatic carbocycles. The van der Waals surface area contributed by atoms with Gasteiger partial charge in [-0.25, -0.2) is 0 Å². The second-order valence-corrected chi connectivity index (χ2v) is 12.2. The fourth-order valence-corrected chi connectivity index (χ4v) is 5.06. The highest BCUT2D eigenvalue weighted by atomic mass is 33.1. The molecule has 0 aliphatic rings. The van der Waals surface area contributed by atoms with Gasteiger partial charge in [0.15, 0.2) is 0 Å². The summed E-state index contributed by atoms with van der Waals surface area (Å²) in [6.07, 6.45) is 2.04. The predicted molar refractivity (Wildman–Crippen MR) is 133 cm³/mol. The van der Waals surface area contributed by atoms with E-state index in [2.05, 4.69) is 24.5 Å². The molecule has 0 saturated carbocycles. The minimum atomic E-state index is -0.527. The molecule has 174 valence electrons. The molecule has 2 N–H and O–H groups in total. The number of benzene rings is 1. The molecular weight excluding hydrogens is 428 g/mol. The van der Waals surface area contributed by atoms with Crippen molar-refractivity contribution in [1.29, 1.82) is 0 Å². The molecule has 0 aromatic heterocycles. The quantitative estimate of drug-likeness (QED) is 0.249. The van der Waals surface area contributed by atoms with Gasteiger partial charge in [-0.2, -0.15) is 0 Å². The Morgan fingerprint density at radius 1 is 1.10 bits per heavy atom. The van der Waals surface area contributed by atoms with E-state index in [0.29, 0.717) is 24.6 Å². The number of carbonyl (C=O) groups is 3. The van der Waals surface area contributed by atoms with Crippen LogP contribution in [0, 0.1) is 18.3 Å². The molecule has 1 unspecified atom stereocenters. The Labute approximate surface area is 195 Å². The molecule has 0 spiro atoms. The molecule has 0 radical (unpaired) electrons. The van der Waals surface area contributed by atoms with Crippen LogP contribution in [-0.2, 0) is 14.4 Å². The highest BCUT2D eigenvalue weighted by Gasteiger charge is 2.24. The Hall–Kier alpha value is -1.47. The van der Waals surface area contributed by atoms with E-state index < -0.39 is 6.04 Å². The van der Waals surface area contributed by atoms with Gasteiger partial charge in [-0.1, -0.05) is 86.0 Å². The van der Waals surface area contributed by atoms with Crippen molar-refractivity contribution in [3.05, 3.63) is 35.4 Å². The van der Waals surface area contributed by atoms with Crippen molar-refractivity contribution in [2.24, 2.45) is 11.3 Å². The molecular formula is C24H38N2O3S2. The minimum Gasteiger partial charge on any atom is -0.355 e. The maximum Gasteiger partial charge on any atom is 0.228 e. The molecule has 7 heteroatoms. The van der Waals surface area contributed by atoms with Crippen LogP contribution in [0.25, 0.3) is 0 Å². The zero-order chi connectivity index (χ0) is 23.4. The zero-order valence-electron chi connectivity index (χ0n) is 19.7. The van der Waals surface area contributed by atoms with Crippen LogP contribution in [0.5, 0.6) is 0 Å². The molecule has 31 heavy (non-hydrogen) atoms. The van der Waals surface area contributed by atoms with Gasteiger partial charge in [-0.3, -0.25) is 9.59 Å². The fraction of sp³-hybridized carbons (Fsp3) is 0.625. The number of rotatable bonds is 13. The van der Waals surface area contributed by atoms with Crippen molar-refractivity contribution in [1.82, 2.24) is 10.6 Å². The lowest BCUT2D eigenvalue weighted by molar-refractivity contribution is -0.125. The lowest BCUT2D eigenvalue weighted by atomic mass is 9.89. The summed E-state index contributed by atoms with van der Waals surface area (Å²) in [5.41, 5.74) is 2.11. The Bertz CT molecular complexity index is 700. The first-order valence-corrected chi connectivity index (χ1v) is 13.3. The standard InChI is InChI=1S/C24H38N2O3S2/c1-17(2)13-21(19-9-7-18(3)8-10-19)23(29)26-20(15-27)16-31-30-12-11-25-22(28)14-24(4,5)6/h7-10,15,17,20-21H,11-14,16H2,1-6H3,(H,25,28)(H,26,29)/t20-,21?/m1/s1. The number of hydrogen-bond acceptors (Lipinski definition) is 5. The van der Waals surface area contributed by atoms with Crippen LogP contribution in [0.3, 0.4) is 0 Å². The van der Waals surface area contributed by atoms with Gasteiger partial charge >= 0.3 is 0 Å². The average molecular weight is 467 g/mol. The van der Waals surface area contributed by atoms with Crippen molar-refractivity contribution in [2.75, 3.05) is 18.1 Å². The third kappa shape index (κ3) is 12.2. The molecule has 2 atom stereocenters. The van der Waals surface area contributed by atoms with Crippen LogP contribution in [0.2, 0.25) is 0 Å². The minimum absolute atomic E-state index is 0.0205. The number of hydrogen-bond donors (Lipinski definition) is 2. The number of amides is 2. The van der Waals surface area contributed by atoms with Gasteiger partial charge in [0.2, 0.25) is 11.8 Å². The van der Waals surface area contributed by atoms with Crippen molar-refractivity contribution in [3.8, 4) is 0 Å². The second-order valence-electron chi connectivity index (χ2n) is 9.54. The van der Waals surface area contributed by atoms with Crippen LogP contribution >= 0.6 is 21.6 Å². The van der Waals surface area contributed by atoms with Crippen LogP contribution in [0.4, 0.5) is 0 Å². The van der Waals surface area contributed by atoms with Crippen molar-refractivity contribution < 1.29 is 14.4 Å². The third-order valence-electron chi connectivity index (χ3n) is 4.52. The van der Waals surface area contributed by atoms with Crippen LogP contribution in [0.1, 0.15) is 64.5 Å². The Morgan fingerprint density at radius 3 is 2.29 bits per heavy atom. The molecule has 2 amide bonds. The Balaban J connectivity index is 2.45. The van der Waals surface area contributed by atoms with E-state index in [9.17, 15) is 14.4 Å². The summed E-state index contributed by atoms with van der Waals surface area (Å²) in [6, 6.07) is 7.49. The van der Waals surface area contributed by atoms with Gasteiger partial charge in [0.05, 0.1) is 12.0 Å². The monoisotopic (exact) mass is 466 g/mol. The van der Waals surface area contributed by atoms with Gasteiger partial charge in [0, 0.05) is 24.5 Å². The normalized spacial score (nSPS) is 13.5. The summed E-state index contributed by atoms with van der Waals surface area (Å²) >= 11 is 0. The third-order valence-corrected chi connectivity index (χ3v) is 6.97. The number of carbonyl (C=O) groups excluding carboxylic acids is 3. The molecule has 0 fully saturated rings. The van der Waals surface area contributed by atoms with Gasteiger partial charge in [-0.05, 0) is 30.2 Å². The Morgan fingerprint density at radius 2 is 1.74 bits per heavy atom. The fourth-order valence-electron chi connectivity index (χ4n) is 3.02. The Kier molecular flexibility index (Phi) is 12.3. The number of nitrogens with one attached hydrogen (secondary N) is 2. The average Bonchev–Trinajstić information content (AvgIpc) is 2.66.